The van der Waals surface area contributed by atoms with Gasteiger partial charge in [-0.1, -0.05) is 321 Å². The lowest BCUT2D eigenvalue weighted by Gasteiger charge is -2.18. The molecular formula is C70H132O6. The zero-order valence-electron chi connectivity index (χ0n) is 51.6. The van der Waals surface area contributed by atoms with E-state index in [1.165, 1.54) is 283 Å². The summed E-state index contributed by atoms with van der Waals surface area (Å²) >= 11 is 0. The number of esters is 3. The van der Waals surface area contributed by atoms with Crippen molar-refractivity contribution in [3.8, 4) is 0 Å². The van der Waals surface area contributed by atoms with Crippen LogP contribution < -0.4 is 0 Å². The Bertz CT molecular complexity index is 1230. The number of carbonyl (C=O) groups excluding carboxylic acids is 3. The Morgan fingerprint density at radius 3 is 0.671 bits per heavy atom. The maximum absolute atomic E-state index is 12.9. The summed E-state index contributed by atoms with van der Waals surface area (Å²) in [4.78, 5) is 38.3. The molecule has 0 aromatic carbocycles. The summed E-state index contributed by atoms with van der Waals surface area (Å²) < 4.78 is 17.0. The van der Waals surface area contributed by atoms with Crippen LogP contribution in [0, 0.1) is 0 Å². The second-order valence-corrected chi connectivity index (χ2v) is 23.4. The number of hydrogen-bond donors (Lipinski definition) is 0. The van der Waals surface area contributed by atoms with E-state index in [2.05, 4.69) is 45.1 Å². The predicted octanol–water partition coefficient (Wildman–Crippen LogP) is 23.4. The van der Waals surface area contributed by atoms with E-state index in [1.54, 1.807) is 0 Å². The predicted molar refractivity (Wildman–Crippen MR) is 330 cm³/mol. The van der Waals surface area contributed by atoms with Crippen molar-refractivity contribution in [2.75, 3.05) is 13.2 Å². The largest absolute Gasteiger partial charge is 0.462 e. The molecule has 0 aliphatic carbocycles. The van der Waals surface area contributed by atoms with Crippen molar-refractivity contribution in [2.24, 2.45) is 0 Å². The van der Waals surface area contributed by atoms with Crippen LogP contribution in [-0.4, -0.2) is 37.2 Å². The highest BCUT2D eigenvalue weighted by molar-refractivity contribution is 5.71. The van der Waals surface area contributed by atoms with Crippen molar-refractivity contribution in [3.63, 3.8) is 0 Å². The molecule has 0 saturated carbocycles. The van der Waals surface area contributed by atoms with Gasteiger partial charge in [0.15, 0.2) is 6.10 Å². The average molecular weight is 1070 g/mol. The Kier molecular flexibility index (Phi) is 63.6. The second-order valence-electron chi connectivity index (χ2n) is 23.4. The zero-order valence-corrected chi connectivity index (χ0v) is 51.6. The summed E-state index contributed by atoms with van der Waals surface area (Å²) in [6.45, 7) is 6.69. The normalized spacial score (nSPS) is 12.1. The molecule has 0 N–H and O–H groups in total. The van der Waals surface area contributed by atoms with Gasteiger partial charge in [-0.15, -0.1) is 0 Å². The van der Waals surface area contributed by atoms with Gasteiger partial charge in [0.1, 0.15) is 13.2 Å². The van der Waals surface area contributed by atoms with E-state index in [9.17, 15) is 14.4 Å². The summed E-state index contributed by atoms with van der Waals surface area (Å²) in [5.74, 6) is -0.848. The Morgan fingerprint density at radius 2 is 0.434 bits per heavy atom. The van der Waals surface area contributed by atoms with Crippen molar-refractivity contribution in [1.29, 1.82) is 0 Å². The van der Waals surface area contributed by atoms with Crippen LogP contribution in [0.25, 0.3) is 0 Å². The number of unbranched alkanes of at least 4 members (excludes halogenated alkanes) is 49. The molecule has 0 aliphatic heterocycles. The molecule has 1 unspecified atom stereocenters. The number of rotatable bonds is 64. The minimum Gasteiger partial charge on any atom is -0.462 e. The lowest BCUT2D eigenvalue weighted by atomic mass is 10.0. The molecule has 448 valence electrons. The third kappa shape index (κ3) is 62.7. The smallest absolute Gasteiger partial charge is 0.306 e. The van der Waals surface area contributed by atoms with Crippen molar-refractivity contribution >= 4 is 17.9 Å². The number of hydrogen-bond acceptors (Lipinski definition) is 6. The van der Waals surface area contributed by atoms with E-state index in [-0.39, 0.29) is 31.1 Å². The molecule has 0 aromatic rings. The highest BCUT2D eigenvalue weighted by Gasteiger charge is 2.19. The Morgan fingerprint density at radius 1 is 0.250 bits per heavy atom. The van der Waals surface area contributed by atoms with Crippen LogP contribution in [0.2, 0.25) is 0 Å². The Hall–Kier alpha value is -2.11. The molecule has 1 atom stereocenters. The first kappa shape index (κ1) is 73.9. The van der Waals surface area contributed by atoms with Gasteiger partial charge >= 0.3 is 17.9 Å². The molecule has 6 heteroatoms. The van der Waals surface area contributed by atoms with Crippen LogP contribution in [0.1, 0.15) is 387 Å². The average Bonchev–Trinajstić information content (AvgIpc) is 3.42. The third-order valence-electron chi connectivity index (χ3n) is 15.7. The Balaban J connectivity index is 4.15. The van der Waals surface area contributed by atoms with Gasteiger partial charge in [0.25, 0.3) is 0 Å². The second kappa shape index (κ2) is 65.4. The minimum absolute atomic E-state index is 0.0677. The lowest BCUT2D eigenvalue weighted by Crippen LogP contribution is -2.30. The van der Waals surface area contributed by atoms with E-state index < -0.39 is 6.10 Å². The fraction of sp³-hybridized carbons (Fsp3) is 0.900. The van der Waals surface area contributed by atoms with E-state index in [0.717, 1.165) is 64.2 Å². The zero-order chi connectivity index (χ0) is 55.0. The van der Waals surface area contributed by atoms with Crippen molar-refractivity contribution in [3.05, 3.63) is 24.3 Å². The maximum Gasteiger partial charge on any atom is 0.306 e. The minimum atomic E-state index is -0.770. The van der Waals surface area contributed by atoms with E-state index in [4.69, 9.17) is 14.2 Å². The quantitative estimate of drug-likeness (QED) is 0.0261. The molecule has 0 saturated heterocycles. The molecule has 0 aliphatic rings. The maximum atomic E-state index is 12.9. The summed E-state index contributed by atoms with van der Waals surface area (Å²) in [7, 11) is 0. The van der Waals surface area contributed by atoms with Gasteiger partial charge in [-0.2, -0.15) is 0 Å². The van der Waals surface area contributed by atoms with Crippen LogP contribution in [-0.2, 0) is 28.6 Å². The van der Waals surface area contributed by atoms with Crippen LogP contribution in [0.3, 0.4) is 0 Å². The van der Waals surface area contributed by atoms with Crippen molar-refractivity contribution in [2.45, 2.75) is 393 Å². The third-order valence-corrected chi connectivity index (χ3v) is 15.7. The van der Waals surface area contributed by atoms with Gasteiger partial charge in [0, 0.05) is 19.3 Å². The van der Waals surface area contributed by atoms with E-state index in [0.29, 0.717) is 19.3 Å². The molecule has 0 spiro atoms. The standard InChI is InChI=1S/C70H132O6/c1-4-7-10-13-16-19-22-25-27-29-30-31-32-33-34-35-36-37-38-39-40-41-43-45-48-51-54-57-60-63-69(72)75-66-67(65-74-68(71)62-59-56-53-50-47-44-24-21-18-15-12-9-6-3)76-70(73)64-61-58-55-52-49-46-42-28-26-23-20-17-14-11-8-5-2/h21,24,29-30,67H,4-20,22-23,25-28,31-66H2,1-3H3/b24-21-,30-29-. The van der Waals surface area contributed by atoms with Gasteiger partial charge in [0.2, 0.25) is 0 Å². The van der Waals surface area contributed by atoms with Gasteiger partial charge in [0.05, 0.1) is 0 Å². The summed E-state index contributed by atoms with van der Waals surface area (Å²) in [5.41, 5.74) is 0. The molecule has 0 fully saturated rings. The first-order chi connectivity index (χ1) is 37.5. The lowest BCUT2D eigenvalue weighted by molar-refractivity contribution is -0.167. The van der Waals surface area contributed by atoms with Crippen molar-refractivity contribution < 1.29 is 28.6 Å². The van der Waals surface area contributed by atoms with E-state index in [1.807, 2.05) is 0 Å². The molecule has 76 heavy (non-hydrogen) atoms. The first-order valence-corrected chi connectivity index (χ1v) is 34.3. The number of ether oxygens (including phenoxy) is 3. The fourth-order valence-electron chi connectivity index (χ4n) is 10.5. The first-order valence-electron chi connectivity index (χ1n) is 34.3. The molecule has 0 rings (SSSR count). The number of carbonyl (C=O) groups is 3. The number of allylic oxidation sites excluding steroid dienone is 4. The molecule has 0 amide bonds. The molecule has 6 nitrogen and oxygen atoms in total. The van der Waals surface area contributed by atoms with E-state index >= 15 is 0 Å². The van der Waals surface area contributed by atoms with Crippen LogP contribution in [0.5, 0.6) is 0 Å². The van der Waals surface area contributed by atoms with Gasteiger partial charge in [-0.05, 0) is 70.6 Å². The molecule has 0 radical (unpaired) electrons. The summed E-state index contributed by atoms with van der Waals surface area (Å²) in [5, 5.41) is 0. The monoisotopic (exact) mass is 1070 g/mol. The van der Waals surface area contributed by atoms with Crippen LogP contribution >= 0.6 is 0 Å². The topological polar surface area (TPSA) is 78.9 Å². The highest BCUT2D eigenvalue weighted by Crippen LogP contribution is 2.18. The van der Waals surface area contributed by atoms with Crippen molar-refractivity contribution in [1.82, 2.24) is 0 Å². The molecule has 0 aromatic heterocycles. The highest BCUT2D eigenvalue weighted by atomic mass is 16.6. The molecular weight excluding hydrogens is 937 g/mol. The summed E-state index contributed by atoms with van der Waals surface area (Å²) in [6.07, 6.45) is 79.2. The summed E-state index contributed by atoms with van der Waals surface area (Å²) in [6, 6.07) is 0. The van der Waals surface area contributed by atoms with Gasteiger partial charge in [-0.25, -0.2) is 0 Å². The Labute approximate surface area is 474 Å². The van der Waals surface area contributed by atoms with Gasteiger partial charge < -0.3 is 14.2 Å². The van der Waals surface area contributed by atoms with Crippen LogP contribution in [0.4, 0.5) is 0 Å². The molecule has 0 heterocycles. The molecule has 0 bridgehead atoms. The van der Waals surface area contributed by atoms with Crippen LogP contribution in [0.15, 0.2) is 24.3 Å². The SMILES string of the molecule is CCCCCC/C=C\CCCCCCCC(=O)OCC(COC(=O)CCCCCCCCCCCCCCCCCCC/C=C\CCCCCCCCCC)OC(=O)CCCCCCCCCCCCCCCCCC. The fourth-order valence-corrected chi connectivity index (χ4v) is 10.5. The van der Waals surface area contributed by atoms with Gasteiger partial charge in [-0.3, -0.25) is 14.4 Å².